The number of fused-ring (bicyclic) bond motifs is 1. The Labute approximate surface area is 96.5 Å². The number of nitrogens with zero attached hydrogens (tertiary/aromatic N) is 2. The SMILES string of the molecule is N#CCCCN1CCc2c(N)cccc2C1. The Hall–Kier alpha value is -1.53. The fourth-order valence-electron chi connectivity index (χ4n) is 2.27. The lowest BCUT2D eigenvalue weighted by atomic mass is 9.98. The Bertz CT molecular complexity index is 406. The highest BCUT2D eigenvalue weighted by molar-refractivity contribution is 5.51. The van der Waals surface area contributed by atoms with E-state index in [-0.39, 0.29) is 0 Å². The average Bonchev–Trinajstić information content (AvgIpc) is 2.30. The summed E-state index contributed by atoms with van der Waals surface area (Å²) >= 11 is 0. The van der Waals surface area contributed by atoms with Gasteiger partial charge in [-0.05, 0) is 36.6 Å². The van der Waals surface area contributed by atoms with Gasteiger partial charge in [-0.15, -0.1) is 0 Å². The summed E-state index contributed by atoms with van der Waals surface area (Å²) in [5, 5.41) is 8.50. The standard InChI is InChI=1S/C13H17N3/c14-7-1-2-8-16-9-6-12-11(10-16)4-3-5-13(12)15/h3-5H,1-2,6,8-10,15H2. The van der Waals surface area contributed by atoms with Crippen molar-refractivity contribution in [3.8, 4) is 6.07 Å². The van der Waals surface area contributed by atoms with Gasteiger partial charge < -0.3 is 5.73 Å². The number of nitrogens with two attached hydrogens (primary N) is 1. The molecule has 1 aliphatic heterocycles. The first-order valence-electron chi connectivity index (χ1n) is 5.77. The molecule has 0 aliphatic carbocycles. The summed E-state index contributed by atoms with van der Waals surface area (Å²) < 4.78 is 0. The molecule has 2 N–H and O–H groups in total. The second-order valence-electron chi connectivity index (χ2n) is 4.27. The van der Waals surface area contributed by atoms with Gasteiger partial charge in [0.05, 0.1) is 6.07 Å². The van der Waals surface area contributed by atoms with Gasteiger partial charge in [0.15, 0.2) is 0 Å². The van der Waals surface area contributed by atoms with Crippen LogP contribution >= 0.6 is 0 Å². The quantitative estimate of drug-likeness (QED) is 0.619. The van der Waals surface area contributed by atoms with Crippen LogP contribution in [0, 0.1) is 11.3 Å². The molecule has 1 aliphatic rings. The summed E-state index contributed by atoms with van der Waals surface area (Å²) in [5.74, 6) is 0. The topological polar surface area (TPSA) is 53.0 Å². The maximum Gasteiger partial charge on any atom is 0.0622 e. The van der Waals surface area contributed by atoms with Crippen LogP contribution in [-0.4, -0.2) is 18.0 Å². The summed E-state index contributed by atoms with van der Waals surface area (Å²) in [6.07, 6.45) is 2.66. The fourth-order valence-corrected chi connectivity index (χ4v) is 2.27. The molecule has 0 saturated carbocycles. The second-order valence-corrected chi connectivity index (χ2v) is 4.27. The van der Waals surface area contributed by atoms with Crippen molar-refractivity contribution >= 4 is 5.69 Å². The van der Waals surface area contributed by atoms with Crippen molar-refractivity contribution in [2.45, 2.75) is 25.8 Å². The van der Waals surface area contributed by atoms with Gasteiger partial charge in [0.1, 0.15) is 0 Å². The summed E-state index contributed by atoms with van der Waals surface area (Å²) in [7, 11) is 0. The molecule has 1 aromatic rings. The van der Waals surface area contributed by atoms with Crippen molar-refractivity contribution in [3.05, 3.63) is 29.3 Å². The van der Waals surface area contributed by atoms with Crippen molar-refractivity contribution in [1.29, 1.82) is 5.26 Å². The molecule has 2 rings (SSSR count). The molecule has 1 aromatic carbocycles. The first-order chi connectivity index (χ1) is 7.81. The van der Waals surface area contributed by atoms with Crippen LogP contribution in [0.5, 0.6) is 0 Å². The Morgan fingerprint density at radius 2 is 2.31 bits per heavy atom. The number of benzene rings is 1. The van der Waals surface area contributed by atoms with Gasteiger partial charge in [-0.2, -0.15) is 5.26 Å². The maximum atomic E-state index is 8.50. The molecule has 0 amide bonds. The van der Waals surface area contributed by atoms with E-state index in [1.54, 1.807) is 0 Å². The van der Waals surface area contributed by atoms with E-state index in [4.69, 9.17) is 11.0 Å². The van der Waals surface area contributed by atoms with Gasteiger partial charge in [0, 0.05) is 25.2 Å². The van der Waals surface area contributed by atoms with E-state index >= 15 is 0 Å². The Morgan fingerprint density at radius 3 is 3.12 bits per heavy atom. The van der Waals surface area contributed by atoms with E-state index in [9.17, 15) is 0 Å². The van der Waals surface area contributed by atoms with Gasteiger partial charge >= 0.3 is 0 Å². The van der Waals surface area contributed by atoms with Crippen LogP contribution in [0.25, 0.3) is 0 Å². The van der Waals surface area contributed by atoms with Gasteiger partial charge in [-0.25, -0.2) is 0 Å². The molecule has 3 heteroatoms. The highest BCUT2D eigenvalue weighted by Crippen LogP contribution is 2.23. The van der Waals surface area contributed by atoms with Crippen molar-refractivity contribution in [3.63, 3.8) is 0 Å². The molecule has 0 aromatic heterocycles. The van der Waals surface area contributed by atoms with E-state index in [2.05, 4.69) is 17.0 Å². The first-order valence-corrected chi connectivity index (χ1v) is 5.77. The van der Waals surface area contributed by atoms with Crippen LogP contribution < -0.4 is 5.73 Å². The molecular formula is C13H17N3. The number of nitriles is 1. The number of anilines is 1. The number of rotatable bonds is 3. The number of nitrogen functional groups attached to an aromatic ring is 1. The molecule has 84 valence electrons. The van der Waals surface area contributed by atoms with Crippen LogP contribution in [-0.2, 0) is 13.0 Å². The summed E-state index contributed by atoms with van der Waals surface area (Å²) in [4.78, 5) is 2.40. The lowest BCUT2D eigenvalue weighted by molar-refractivity contribution is 0.252. The predicted molar refractivity (Wildman–Crippen MR) is 64.7 cm³/mol. The highest BCUT2D eigenvalue weighted by atomic mass is 15.1. The Balaban J connectivity index is 1.99. The zero-order valence-corrected chi connectivity index (χ0v) is 9.45. The lowest BCUT2D eigenvalue weighted by Gasteiger charge is -2.29. The van der Waals surface area contributed by atoms with Crippen molar-refractivity contribution in [1.82, 2.24) is 4.90 Å². The molecule has 0 fully saturated rings. The van der Waals surface area contributed by atoms with Crippen LogP contribution in [0.2, 0.25) is 0 Å². The second kappa shape index (κ2) is 5.00. The number of hydrogen-bond acceptors (Lipinski definition) is 3. The molecular weight excluding hydrogens is 198 g/mol. The van der Waals surface area contributed by atoms with Crippen molar-refractivity contribution in [2.24, 2.45) is 0 Å². The molecule has 0 unspecified atom stereocenters. The maximum absolute atomic E-state index is 8.50. The van der Waals surface area contributed by atoms with E-state index in [0.717, 1.165) is 38.2 Å². The van der Waals surface area contributed by atoms with Gasteiger partial charge in [0.2, 0.25) is 0 Å². The first kappa shape index (κ1) is 11.0. The third kappa shape index (κ3) is 2.34. The molecule has 0 spiro atoms. The van der Waals surface area contributed by atoms with Crippen LogP contribution in [0.3, 0.4) is 0 Å². The molecule has 0 saturated heterocycles. The van der Waals surface area contributed by atoms with Gasteiger partial charge in [-0.1, -0.05) is 12.1 Å². The number of unbranched alkanes of at least 4 members (excludes halogenated alkanes) is 1. The van der Waals surface area contributed by atoms with Gasteiger partial charge in [-0.3, -0.25) is 4.90 Å². The van der Waals surface area contributed by atoms with Crippen LogP contribution in [0.4, 0.5) is 5.69 Å². The predicted octanol–water partition coefficient (Wildman–Crippen LogP) is 1.93. The third-order valence-electron chi connectivity index (χ3n) is 3.14. The minimum atomic E-state index is 0.653. The molecule has 0 bridgehead atoms. The molecule has 16 heavy (non-hydrogen) atoms. The zero-order valence-electron chi connectivity index (χ0n) is 9.45. The van der Waals surface area contributed by atoms with Crippen molar-refractivity contribution < 1.29 is 0 Å². The number of hydrogen-bond donors (Lipinski definition) is 1. The summed E-state index contributed by atoms with van der Waals surface area (Å²) in [6.45, 7) is 3.06. The minimum absolute atomic E-state index is 0.653. The molecule has 3 nitrogen and oxygen atoms in total. The lowest BCUT2D eigenvalue weighted by Crippen LogP contribution is -2.31. The zero-order chi connectivity index (χ0) is 11.4. The van der Waals surface area contributed by atoms with Crippen LogP contribution in [0.15, 0.2) is 18.2 Å². The van der Waals surface area contributed by atoms with E-state index in [1.165, 1.54) is 11.1 Å². The summed E-state index contributed by atoms with van der Waals surface area (Å²) in [6, 6.07) is 8.34. The molecule has 0 radical (unpaired) electrons. The summed E-state index contributed by atoms with van der Waals surface area (Å²) in [5.41, 5.74) is 9.54. The van der Waals surface area contributed by atoms with Gasteiger partial charge in [0.25, 0.3) is 0 Å². The van der Waals surface area contributed by atoms with Crippen molar-refractivity contribution in [2.75, 3.05) is 18.8 Å². The third-order valence-corrected chi connectivity index (χ3v) is 3.14. The average molecular weight is 215 g/mol. The Kier molecular flexibility index (Phi) is 3.43. The van der Waals surface area contributed by atoms with E-state index in [1.807, 2.05) is 12.1 Å². The monoisotopic (exact) mass is 215 g/mol. The normalized spacial score (nSPS) is 15.4. The van der Waals surface area contributed by atoms with E-state index in [0.29, 0.717) is 6.42 Å². The molecule has 0 atom stereocenters. The minimum Gasteiger partial charge on any atom is -0.398 e. The largest absolute Gasteiger partial charge is 0.398 e. The fraction of sp³-hybridized carbons (Fsp3) is 0.462. The highest BCUT2D eigenvalue weighted by Gasteiger charge is 2.16. The smallest absolute Gasteiger partial charge is 0.0622 e. The Morgan fingerprint density at radius 1 is 1.44 bits per heavy atom. The van der Waals surface area contributed by atoms with E-state index < -0.39 is 0 Å². The van der Waals surface area contributed by atoms with Crippen LogP contribution in [0.1, 0.15) is 24.0 Å². The molecule has 1 heterocycles.